The van der Waals surface area contributed by atoms with Crippen LogP contribution in [0, 0.1) is 6.92 Å². The van der Waals surface area contributed by atoms with Crippen molar-refractivity contribution in [2.45, 2.75) is 46.1 Å². The molecule has 2 N–H and O–H groups in total. The van der Waals surface area contributed by atoms with Crippen LogP contribution in [0.25, 0.3) is 0 Å². The predicted molar refractivity (Wildman–Crippen MR) is 107 cm³/mol. The molecule has 0 bridgehead atoms. The van der Waals surface area contributed by atoms with Gasteiger partial charge in [-0.15, -0.1) is 0 Å². The number of anilines is 1. The van der Waals surface area contributed by atoms with Crippen LogP contribution in [0.1, 0.15) is 30.5 Å². The number of rotatable bonds is 5. The van der Waals surface area contributed by atoms with Gasteiger partial charge in [-0.05, 0) is 43.5 Å². The van der Waals surface area contributed by atoms with E-state index in [0.29, 0.717) is 13.1 Å². The molecule has 1 aliphatic rings. The standard InChI is InChI=1S/C21H28N4O2/c1-15-6-4-5-7-19(15)12-24-21(26)23-11-18-8-9-20(22-10-18)25-13-16(2)27-17(3)14-25/h4-10,16-17H,11-14H2,1-3H3,(H2,23,24,26). The van der Waals surface area contributed by atoms with Gasteiger partial charge in [0.15, 0.2) is 0 Å². The zero-order valence-electron chi connectivity index (χ0n) is 16.2. The smallest absolute Gasteiger partial charge is 0.315 e. The predicted octanol–water partition coefficient (Wildman–Crippen LogP) is 3.00. The third kappa shape index (κ3) is 5.44. The number of morpholine rings is 1. The van der Waals surface area contributed by atoms with Gasteiger partial charge in [0, 0.05) is 32.4 Å². The molecule has 3 rings (SSSR count). The zero-order chi connectivity index (χ0) is 19.2. The van der Waals surface area contributed by atoms with E-state index in [2.05, 4.69) is 34.4 Å². The highest BCUT2D eigenvalue weighted by molar-refractivity contribution is 5.73. The molecule has 1 saturated heterocycles. The Balaban J connectivity index is 1.47. The van der Waals surface area contributed by atoms with Gasteiger partial charge in [0.2, 0.25) is 0 Å². The summed E-state index contributed by atoms with van der Waals surface area (Å²) >= 11 is 0. The molecule has 6 nitrogen and oxygen atoms in total. The summed E-state index contributed by atoms with van der Waals surface area (Å²) in [6.45, 7) is 8.85. The number of aryl methyl sites for hydroxylation is 1. The summed E-state index contributed by atoms with van der Waals surface area (Å²) in [5.74, 6) is 0.949. The summed E-state index contributed by atoms with van der Waals surface area (Å²) in [4.78, 5) is 18.8. The van der Waals surface area contributed by atoms with E-state index in [1.807, 2.05) is 49.5 Å². The molecule has 0 aliphatic carbocycles. The molecule has 2 amide bonds. The van der Waals surface area contributed by atoms with Gasteiger partial charge in [0.1, 0.15) is 5.82 Å². The molecule has 1 fully saturated rings. The Hall–Kier alpha value is -2.60. The first-order valence-electron chi connectivity index (χ1n) is 9.43. The topological polar surface area (TPSA) is 66.5 Å². The van der Waals surface area contributed by atoms with Crippen LogP contribution in [0.5, 0.6) is 0 Å². The number of ether oxygens (including phenoxy) is 1. The van der Waals surface area contributed by atoms with Gasteiger partial charge in [-0.25, -0.2) is 9.78 Å². The number of nitrogens with one attached hydrogen (secondary N) is 2. The molecule has 1 aromatic heterocycles. The lowest BCUT2D eigenvalue weighted by atomic mass is 10.1. The van der Waals surface area contributed by atoms with Crippen LogP contribution in [-0.2, 0) is 17.8 Å². The van der Waals surface area contributed by atoms with E-state index in [1.165, 1.54) is 5.56 Å². The molecule has 6 heteroatoms. The van der Waals surface area contributed by atoms with E-state index < -0.39 is 0 Å². The Kier molecular flexibility index (Phi) is 6.29. The number of hydrogen-bond acceptors (Lipinski definition) is 4. The molecule has 144 valence electrons. The molecule has 0 saturated carbocycles. The van der Waals surface area contributed by atoms with Crippen molar-refractivity contribution in [1.82, 2.24) is 15.6 Å². The Labute approximate surface area is 160 Å². The fourth-order valence-electron chi connectivity index (χ4n) is 3.30. The zero-order valence-corrected chi connectivity index (χ0v) is 16.2. The van der Waals surface area contributed by atoms with Gasteiger partial charge in [-0.3, -0.25) is 0 Å². The molecule has 0 spiro atoms. The van der Waals surface area contributed by atoms with Crippen LogP contribution in [0.2, 0.25) is 0 Å². The lowest BCUT2D eigenvalue weighted by molar-refractivity contribution is -0.00546. The molecule has 0 radical (unpaired) electrons. The molecule has 1 aromatic carbocycles. The molecule has 2 heterocycles. The second-order valence-electron chi connectivity index (χ2n) is 7.15. The van der Waals surface area contributed by atoms with Crippen LogP contribution in [0.15, 0.2) is 42.6 Å². The van der Waals surface area contributed by atoms with Crippen LogP contribution >= 0.6 is 0 Å². The number of pyridine rings is 1. The minimum absolute atomic E-state index is 0.182. The lowest BCUT2D eigenvalue weighted by Crippen LogP contribution is -2.45. The van der Waals surface area contributed by atoms with Crippen molar-refractivity contribution in [2.75, 3.05) is 18.0 Å². The third-order valence-electron chi connectivity index (χ3n) is 4.71. The Morgan fingerprint density at radius 1 is 1.11 bits per heavy atom. The highest BCUT2D eigenvalue weighted by Crippen LogP contribution is 2.18. The van der Waals surface area contributed by atoms with Gasteiger partial charge in [0.05, 0.1) is 12.2 Å². The van der Waals surface area contributed by atoms with Crippen LogP contribution in [-0.4, -0.2) is 36.3 Å². The van der Waals surface area contributed by atoms with Crippen molar-refractivity contribution in [2.24, 2.45) is 0 Å². The van der Waals surface area contributed by atoms with Gasteiger partial charge >= 0.3 is 6.03 Å². The largest absolute Gasteiger partial charge is 0.372 e. The number of amides is 2. The van der Waals surface area contributed by atoms with Gasteiger partial charge in [-0.2, -0.15) is 0 Å². The quantitative estimate of drug-likeness (QED) is 0.851. The van der Waals surface area contributed by atoms with Crippen molar-refractivity contribution in [3.05, 3.63) is 59.3 Å². The number of benzene rings is 1. The molecule has 2 atom stereocenters. The fourth-order valence-corrected chi connectivity index (χ4v) is 3.30. The van der Waals surface area contributed by atoms with E-state index in [-0.39, 0.29) is 18.2 Å². The Bertz CT molecular complexity index is 753. The van der Waals surface area contributed by atoms with Crippen LogP contribution in [0.3, 0.4) is 0 Å². The summed E-state index contributed by atoms with van der Waals surface area (Å²) in [6, 6.07) is 11.9. The monoisotopic (exact) mass is 368 g/mol. The van der Waals surface area contributed by atoms with Crippen molar-refractivity contribution in [3.63, 3.8) is 0 Å². The number of hydrogen-bond donors (Lipinski definition) is 2. The second-order valence-corrected chi connectivity index (χ2v) is 7.15. The van der Waals surface area contributed by atoms with E-state index in [9.17, 15) is 4.79 Å². The van der Waals surface area contributed by atoms with Crippen molar-refractivity contribution in [3.8, 4) is 0 Å². The number of nitrogens with zero attached hydrogens (tertiary/aromatic N) is 2. The summed E-state index contributed by atoms with van der Waals surface area (Å²) in [6.07, 6.45) is 2.23. The summed E-state index contributed by atoms with van der Waals surface area (Å²) in [7, 11) is 0. The van der Waals surface area contributed by atoms with Gasteiger partial charge in [-0.1, -0.05) is 30.3 Å². The van der Waals surface area contributed by atoms with Crippen molar-refractivity contribution < 1.29 is 9.53 Å². The highest BCUT2D eigenvalue weighted by atomic mass is 16.5. The molecule has 2 aromatic rings. The highest BCUT2D eigenvalue weighted by Gasteiger charge is 2.22. The van der Waals surface area contributed by atoms with E-state index in [4.69, 9.17) is 4.74 Å². The fraction of sp³-hybridized carbons (Fsp3) is 0.429. The second kappa shape index (κ2) is 8.86. The maximum Gasteiger partial charge on any atom is 0.315 e. The summed E-state index contributed by atoms with van der Waals surface area (Å²) < 4.78 is 5.76. The average molecular weight is 368 g/mol. The van der Waals surface area contributed by atoms with E-state index in [0.717, 1.165) is 30.0 Å². The van der Waals surface area contributed by atoms with Crippen molar-refractivity contribution >= 4 is 11.8 Å². The first-order chi connectivity index (χ1) is 13.0. The normalized spacial score (nSPS) is 19.6. The Morgan fingerprint density at radius 2 is 1.81 bits per heavy atom. The number of aromatic nitrogens is 1. The molecule has 27 heavy (non-hydrogen) atoms. The SMILES string of the molecule is Cc1ccccc1CNC(=O)NCc1ccc(N2CC(C)OC(C)C2)nc1. The van der Waals surface area contributed by atoms with Crippen LogP contribution < -0.4 is 15.5 Å². The number of urea groups is 1. The summed E-state index contributed by atoms with van der Waals surface area (Å²) in [5.41, 5.74) is 3.26. The van der Waals surface area contributed by atoms with Gasteiger partial charge in [0.25, 0.3) is 0 Å². The maximum atomic E-state index is 12.0. The van der Waals surface area contributed by atoms with Crippen LogP contribution in [0.4, 0.5) is 10.6 Å². The van der Waals surface area contributed by atoms with E-state index >= 15 is 0 Å². The van der Waals surface area contributed by atoms with Gasteiger partial charge < -0.3 is 20.3 Å². The van der Waals surface area contributed by atoms with Crippen molar-refractivity contribution in [1.29, 1.82) is 0 Å². The number of carbonyl (C=O) groups is 1. The Morgan fingerprint density at radius 3 is 2.48 bits per heavy atom. The van der Waals surface area contributed by atoms with E-state index in [1.54, 1.807) is 0 Å². The molecule has 2 unspecified atom stereocenters. The minimum atomic E-state index is -0.182. The summed E-state index contributed by atoms with van der Waals surface area (Å²) in [5, 5.41) is 5.77. The minimum Gasteiger partial charge on any atom is -0.372 e. The first kappa shape index (κ1) is 19.2. The average Bonchev–Trinajstić information content (AvgIpc) is 2.65. The maximum absolute atomic E-state index is 12.0. The third-order valence-corrected chi connectivity index (χ3v) is 4.71. The molecule has 1 aliphatic heterocycles. The number of carbonyl (C=O) groups excluding carboxylic acids is 1. The lowest BCUT2D eigenvalue weighted by Gasteiger charge is -2.36. The molecular weight excluding hydrogens is 340 g/mol. The first-order valence-corrected chi connectivity index (χ1v) is 9.43. The molecular formula is C21H28N4O2.